The molecule has 8 rings (SSSR count). The second kappa shape index (κ2) is 14.0. The van der Waals surface area contributed by atoms with E-state index in [1.54, 1.807) is 0 Å². The van der Waals surface area contributed by atoms with E-state index in [9.17, 15) is 0 Å². The zero-order valence-electron chi connectivity index (χ0n) is 29.6. The van der Waals surface area contributed by atoms with Crippen LogP contribution in [0, 0.1) is 19.1 Å². The Kier molecular flexibility index (Phi) is 9.83. The van der Waals surface area contributed by atoms with Gasteiger partial charge in [-0.15, -0.1) is 54.1 Å². The van der Waals surface area contributed by atoms with Crippen LogP contribution in [0.5, 0.6) is 0 Å². The van der Waals surface area contributed by atoms with Crippen molar-refractivity contribution in [3.63, 3.8) is 0 Å². The molecule has 253 valence electrons. The third-order valence-corrected chi connectivity index (χ3v) is 11.2. The van der Waals surface area contributed by atoms with Crippen LogP contribution in [0.1, 0.15) is 31.9 Å². The van der Waals surface area contributed by atoms with Gasteiger partial charge in [-0.2, -0.15) is 0 Å². The number of benzene rings is 5. The molecule has 0 saturated heterocycles. The standard InChI is InChI=1S/C29H23N2O.C15H18NSi.Ir/c1-29(2,3)19-15-17-20(18-16-19)31-25-13-6-5-12-24(25)30-28(31)23-11-8-10-22-21-9-4-7-14-26(21)32-27(22)23;1-12-10-14(13-8-6-5-7-9-13)16-11-15(12)17(2,3)4;/h4-10,12-18H,1-3H3;5-8,10-11H,1-4H3;/q2*-1;. The van der Waals surface area contributed by atoms with Gasteiger partial charge in [-0.25, -0.2) is 0 Å². The summed E-state index contributed by atoms with van der Waals surface area (Å²) in [4.78, 5) is 9.60. The summed E-state index contributed by atoms with van der Waals surface area (Å²) in [5, 5.41) is 3.63. The summed E-state index contributed by atoms with van der Waals surface area (Å²) in [5.74, 6) is 0.833. The van der Waals surface area contributed by atoms with E-state index >= 15 is 0 Å². The van der Waals surface area contributed by atoms with Crippen LogP contribution < -0.4 is 5.19 Å². The number of imidazole rings is 1. The minimum atomic E-state index is -1.27. The average Bonchev–Trinajstić information content (AvgIpc) is 3.67. The molecule has 3 aromatic heterocycles. The summed E-state index contributed by atoms with van der Waals surface area (Å²) in [6.07, 6.45) is 2.05. The van der Waals surface area contributed by atoms with Crippen LogP contribution in [-0.4, -0.2) is 22.6 Å². The van der Waals surface area contributed by atoms with Crippen LogP contribution >= 0.6 is 0 Å². The molecule has 1 radical (unpaired) electrons. The van der Waals surface area contributed by atoms with Crippen molar-refractivity contribution in [1.82, 2.24) is 14.5 Å². The summed E-state index contributed by atoms with van der Waals surface area (Å²) in [6, 6.07) is 46.0. The van der Waals surface area contributed by atoms with E-state index in [-0.39, 0.29) is 25.5 Å². The van der Waals surface area contributed by atoms with Crippen molar-refractivity contribution in [3.05, 3.63) is 145 Å². The number of hydrogen-bond acceptors (Lipinski definition) is 3. The van der Waals surface area contributed by atoms with Gasteiger partial charge in [0, 0.05) is 37.4 Å². The average molecular weight is 848 g/mol. The van der Waals surface area contributed by atoms with Crippen LogP contribution in [0.3, 0.4) is 0 Å². The minimum absolute atomic E-state index is 0. The van der Waals surface area contributed by atoms with Crippen LogP contribution in [-0.2, 0) is 25.5 Å². The van der Waals surface area contributed by atoms with Gasteiger partial charge < -0.3 is 14.0 Å². The minimum Gasteiger partial charge on any atom is -0.501 e. The molecular formula is C44H41IrN3OSi-2. The van der Waals surface area contributed by atoms with Crippen molar-refractivity contribution in [1.29, 1.82) is 0 Å². The first kappa shape index (κ1) is 35.2. The van der Waals surface area contributed by atoms with Crippen LogP contribution in [0.4, 0.5) is 0 Å². The Bertz CT molecular complexity index is 2410. The Morgan fingerprint density at radius 2 is 1.48 bits per heavy atom. The van der Waals surface area contributed by atoms with Gasteiger partial charge in [0.2, 0.25) is 0 Å². The van der Waals surface area contributed by atoms with Crippen molar-refractivity contribution >= 4 is 46.2 Å². The third-order valence-electron chi connectivity index (χ3n) is 9.02. The molecule has 4 nitrogen and oxygen atoms in total. The van der Waals surface area contributed by atoms with Crippen molar-refractivity contribution < 1.29 is 24.5 Å². The molecule has 0 bridgehead atoms. The normalized spacial score (nSPS) is 11.7. The fourth-order valence-electron chi connectivity index (χ4n) is 6.46. The van der Waals surface area contributed by atoms with E-state index in [0.29, 0.717) is 0 Å². The van der Waals surface area contributed by atoms with E-state index < -0.39 is 8.07 Å². The Morgan fingerprint density at radius 3 is 2.18 bits per heavy atom. The smallest absolute Gasteiger partial charge is 0.120 e. The van der Waals surface area contributed by atoms with Gasteiger partial charge in [-0.05, 0) is 59.1 Å². The number of pyridine rings is 1. The Hall–Kier alpha value is -4.61. The number of furan rings is 1. The van der Waals surface area contributed by atoms with Crippen molar-refractivity contribution in [2.24, 2.45) is 0 Å². The molecule has 0 atom stereocenters. The molecule has 8 aromatic rings. The number of para-hydroxylation sites is 3. The topological polar surface area (TPSA) is 43.9 Å². The van der Waals surface area contributed by atoms with Crippen LogP contribution in [0.25, 0.3) is 61.3 Å². The van der Waals surface area contributed by atoms with E-state index in [1.165, 1.54) is 16.3 Å². The summed E-state index contributed by atoms with van der Waals surface area (Å²) in [6.45, 7) is 15.9. The summed E-state index contributed by atoms with van der Waals surface area (Å²) in [5.41, 5.74) is 10.5. The third kappa shape index (κ3) is 6.89. The first-order valence-electron chi connectivity index (χ1n) is 16.8. The summed E-state index contributed by atoms with van der Waals surface area (Å²) in [7, 11) is -1.27. The number of aryl methyl sites for hydroxylation is 1. The predicted molar refractivity (Wildman–Crippen MR) is 208 cm³/mol. The fraction of sp³-hybridized carbons (Fsp3) is 0.182. The molecule has 0 unspecified atom stereocenters. The van der Waals surface area contributed by atoms with E-state index in [2.05, 4.69) is 142 Å². The van der Waals surface area contributed by atoms with Crippen molar-refractivity contribution in [2.75, 3.05) is 0 Å². The molecule has 0 spiro atoms. The van der Waals surface area contributed by atoms with Crippen molar-refractivity contribution in [3.8, 4) is 28.3 Å². The van der Waals surface area contributed by atoms with Crippen LogP contribution in [0.15, 0.2) is 126 Å². The number of nitrogens with zero attached hydrogens (tertiary/aromatic N) is 3. The Labute approximate surface area is 309 Å². The Balaban J connectivity index is 0.000000204. The molecule has 3 heterocycles. The zero-order chi connectivity index (χ0) is 34.3. The van der Waals surface area contributed by atoms with E-state index in [4.69, 9.17) is 9.40 Å². The van der Waals surface area contributed by atoms with Crippen LogP contribution in [0.2, 0.25) is 19.6 Å². The fourth-order valence-corrected chi connectivity index (χ4v) is 8.17. The largest absolute Gasteiger partial charge is 0.501 e. The SMILES string of the molecule is CC(C)(C)c1ccc(-n2c(-c3[c-]ccc4c3oc3ccccc34)nc3ccccc32)cc1.Cc1cc(-c2[c-]cccc2)ncc1[Si](C)(C)C.[Ir]. The van der Waals surface area contributed by atoms with Gasteiger partial charge in [0.25, 0.3) is 0 Å². The second-order valence-electron chi connectivity index (χ2n) is 14.7. The van der Waals surface area contributed by atoms with Gasteiger partial charge in [0.05, 0.1) is 30.5 Å². The molecule has 5 aromatic carbocycles. The maximum Gasteiger partial charge on any atom is 0.120 e. The number of fused-ring (bicyclic) bond motifs is 4. The first-order valence-corrected chi connectivity index (χ1v) is 20.3. The molecule has 0 aliphatic rings. The quantitative estimate of drug-likeness (QED) is 0.131. The number of rotatable bonds is 4. The molecule has 0 saturated carbocycles. The molecule has 0 fully saturated rings. The monoisotopic (exact) mass is 848 g/mol. The molecule has 0 aliphatic carbocycles. The van der Waals surface area contributed by atoms with Gasteiger partial charge >= 0.3 is 0 Å². The van der Waals surface area contributed by atoms with Gasteiger partial charge in [-0.1, -0.05) is 105 Å². The van der Waals surface area contributed by atoms with E-state index in [1.807, 2.05) is 48.5 Å². The number of hydrogen-bond donors (Lipinski definition) is 0. The summed E-state index contributed by atoms with van der Waals surface area (Å²) < 4.78 is 8.51. The molecular weight excluding hydrogens is 807 g/mol. The van der Waals surface area contributed by atoms with Crippen molar-refractivity contribution in [2.45, 2.75) is 52.8 Å². The van der Waals surface area contributed by atoms with Gasteiger partial charge in [-0.3, -0.25) is 4.98 Å². The maximum absolute atomic E-state index is 6.30. The maximum atomic E-state index is 6.30. The molecule has 0 amide bonds. The second-order valence-corrected chi connectivity index (χ2v) is 19.7. The first-order chi connectivity index (χ1) is 23.5. The van der Waals surface area contributed by atoms with Gasteiger partial charge in [0.1, 0.15) is 5.58 Å². The molecule has 6 heteroatoms. The zero-order valence-corrected chi connectivity index (χ0v) is 33.0. The molecule has 50 heavy (non-hydrogen) atoms. The number of aromatic nitrogens is 3. The summed E-state index contributed by atoms with van der Waals surface area (Å²) >= 11 is 0. The molecule has 0 aliphatic heterocycles. The van der Waals surface area contributed by atoms with Gasteiger partial charge in [0.15, 0.2) is 0 Å². The Morgan fingerprint density at radius 1 is 0.760 bits per heavy atom. The predicted octanol–water partition coefficient (Wildman–Crippen LogP) is 11.1. The molecule has 0 N–H and O–H groups in total. The van der Waals surface area contributed by atoms with E-state index in [0.717, 1.165) is 61.3 Å².